The Balaban J connectivity index is 0.00000363. The molecule has 3 rings (SSSR count). The van der Waals surface area contributed by atoms with Gasteiger partial charge in [0, 0.05) is 44.7 Å². The number of rotatable bonds is 10. The topological polar surface area (TPSA) is 75.2 Å². The quantitative estimate of drug-likeness (QED) is 0.199. The van der Waals surface area contributed by atoms with Gasteiger partial charge in [0.1, 0.15) is 5.75 Å². The molecule has 1 atom stereocenters. The number of halogens is 1. The lowest BCUT2D eigenvalue weighted by atomic mass is 10.1. The second-order valence-corrected chi connectivity index (χ2v) is 8.41. The van der Waals surface area contributed by atoms with Crippen LogP contribution in [0.15, 0.2) is 29.3 Å². The molecule has 2 N–H and O–H groups in total. The summed E-state index contributed by atoms with van der Waals surface area (Å²) >= 11 is 0. The molecule has 1 amide bonds. The van der Waals surface area contributed by atoms with E-state index >= 15 is 0 Å². The van der Waals surface area contributed by atoms with Crippen LogP contribution in [-0.2, 0) is 16.1 Å². The van der Waals surface area contributed by atoms with Crippen LogP contribution in [-0.4, -0.2) is 62.7 Å². The van der Waals surface area contributed by atoms with E-state index in [1.807, 2.05) is 29.2 Å². The second-order valence-electron chi connectivity index (χ2n) is 8.41. The third kappa shape index (κ3) is 8.42. The highest BCUT2D eigenvalue weighted by Gasteiger charge is 2.32. The summed E-state index contributed by atoms with van der Waals surface area (Å²) < 4.78 is 10.9. The summed E-state index contributed by atoms with van der Waals surface area (Å²) in [7, 11) is 1.67. The minimum atomic E-state index is 0. The predicted octanol–water partition coefficient (Wildman–Crippen LogP) is 3.57. The number of ether oxygens (including phenoxy) is 2. The van der Waals surface area contributed by atoms with Crippen LogP contribution in [0.1, 0.15) is 51.0 Å². The zero-order chi connectivity index (χ0) is 21.9. The number of benzene rings is 1. The molecular formula is C24H39IN4O3. The molecule has 1 heterocycles. The van der Waals surface area contributed by atoms with Crippen LogP contribution < -0.4 is 15.4 Å². The van der Waals surface area contributed by atoms with Crippen molar-refractivity contribution in [1.82, 2.24) is 15.5 Å². The largest absolute Gasteiger partial charge is 0.497 e. The Morgan fingerprint density at radius 2 is 1.94 bits per heavy atom. The summed E-state index contributed by atoms with van der Waals surface area (Å²) in [5, 5.41) is 6.83. The molecule has 2 aliphatic rings. The number of carbonyl (C=O) groups is 1. The van der Waals surface area contributed by atoms with Crippen LogP contribution in [0.5, 0.6) is 5.75 Å². The minimum absolute atomic E-state index is 0. The van der Waals surface area contributed by atoms with Crippen molar-refractivity contribution < 1.29 is 14.3 Å². The number of hydrogen-bond acceptors (Lipinski definition) is 4. The number of carbonyl (C=O) groups excluding carboxylic acids is 1. The first kappa shape index (κ1) is 26.7. The van der Waals surface area contributed by atoms with Crippen molar-refractivity contribution >= 4 is 35.8 Å². The Kier molecular flexibility index (Phi) is 12.2. The fraction of sp³-hybridized carbons (Fsp3) is 0.667. The lowest BCUT2D eigenvalue weighted by Gasteiger charge is -2.21. The van der Waals surface area contributed by atoms with E-state index < -0.39 is 0 Å². The van der Waals surface area contributed by atoms with Crippen LogP contribution in [0.25, 0.3) is 0 Å². The molecule has 2 fully saturated rings. The summed E-state index contributed by atoms with van der Waals surface area (Å²) in [4.78, 5) is 19.4. The van der Waals surface area contributed by atoms with Gasteiger partial charge in [0.25, 0.3) is 0 Å². The number of methoxy groups -OCH3 is 1. The van der Waals surface area contributed by atoms with Gasteiger partial charge in [0.05, 0.1) is 13.7 Å². The Bertz CT molecular complexity index is 708. The fourth-order valence-corrected chi connectivity index (χ4v) is 4.29. The summed E-state index contributed by atoms with van der Waals surface area (Å²) in [6.45, 7) is 6.49. The van der Waals surface area contributed by atoms with Gasteiger partial charge in [-0.3, -0.25) is 9.79 Å². The minimum Gasteiger partial charge on any atom is -0.497 e. The molecule has 0 bridgehead atoms. The molecule has 1 aliphatic carbocycles. The van der Waals surface area contributed by atoms with Gasteiger partial charge in [0.15, 0.2) is 5.96 Å². The van der Waals surface area contributed by atoms with Crippen molar-refractivity contribution in [2.45, 2.75) is 58.1 Å². The standard InChI is InChI=1S/C24H38N4O3.HI/c1-3-25-24(26-14-6-16-31-18-19-9-11-22(30-2)12-10-19)27-21-13-15-28(17-21)23(29)20-7-4-5-8-20;/h9-12,20-21H,3-8,13-18H2,1-2H3,(H2,25,26,27);1H. The van der Waals surface area contributed by atoms with Crippen molar-refractivity contribution in [3.8, 4) is 5.75 Å². The van der Waals surface area contributed by atoms with Crippen molar-refractivity contribution in [2.24, 2.45) is 10.9 Å². The first-order chi connectivity index (χ1) is 15.2. The first-order valence-electron chi connectivity index (χ1n) is 11.7. The van der Waals surface area contributed by atoms with Crippen molar-refractivity contribution in [3.05, 3.63) is 29.8 Å². The molecule has 0 aromatic heterocycles. The van der Waals surface area contributed by atoms with E-state index in [9.17, 15) is 4.79 Å². The van der Waals surface area contributed by atoms with E-state index in [0.29, 0.717) is 25.7 Å². The van der Waals surface area contributed by atoms with Gasteiger partial charge < -0.3 is 25.0 Å². The first-order valence-corrected chi connectivity index (χ1v) is 11.7. The molecule has 0 radical (unpaired) electrons. The van der Waals surface area contributed by atoms with Crippen LogP contribution in [0.4, 0.5) is 0 Å². The van der Waals surface area contributed by atoms with Gasteiger partial charge in [-0.05, 0) is 50.3 Å². The number of aliphatic imine (C=N–C) groups is 1. The maximum Gasteiger partial charge on any atom is 0.225 e. The normalized spacial score (nSPS) is 19.0. The number of likely N-dealkylation sites (tertiary alicyclic amines) is 1. The van der Waals surface area contributed by atoms with E-state index in [1.165, 1.54) is 12.8 Å². The average Bonchev–Trinajstić information content (AvgIpc) is 3.49. The highest BCUT2D eigenvalue weighted by Crippen LogP contribution is 2.27. The fourth-order valence-electron chi connectivity index (χ4n) is 4.29. The van der Waals surface area contributed by atoms with Gasteiger partial charge >= 0.3 is 0 Å². The predicted molar refractivity (Wildman–Crippen MR) is 139 cm³/mol. The zero-order valence-electron chi connectivity index (χ0n) is 19.5. The summed E-state index contributed by atoms with van der Waals surface area (Å²) in [6, 6.07) is 8.21. The van der Waals surface area contributed by atoms with Gasteiger partial charge in [-0.1, -0.05) is 25.0 Å². The maximum absolute atomic E-state index is 12.6. The maximum atomic E-state index is 12.6. The van der Waals surface area contributed by atoms with E-state index in [2.05, 4.69) is 22.5 Å². The van der Waals surface area contributed by atoms with Crippen molar-refractivity contribution in [1.29, 1.82) is 0 Å². The molecule has 1 unspecified atom stereocenters. The SMILES string of the molecule is CCNC(=NCCCOCc1ccc(OC)cc1)NC1CCN(C(=O)C2CCCC2)C1.I. The van der Waals surface area contributed by atoms with Crippen molar-refractivity contribution in [2.75, 3.05) is 39.9 Å². The Hall–Kier alpha value is -1.55. The van der Waals surface area contributed by atoms with Crippen LogP contribution in [0.2, 0.25) is 0 Å². The van der Waals surface area contributed by atoms with Gasteiger partial charge in [-0.25, -0.2) is 0 Å². The molecule has 180 valence electrons. The average molecular weight is 559 g/mol. The van der Waals surface area contributed by atoms with E-state index in [1.54, 1.807) is 7.11 Å². The lowest BCUT2D eigenvalue weighted by Crippen LogP contribution is -2.45. The number of hydrogen-bond donors (Lipinski definition) is 2. The molecular weight excluding hydrogens is 519 g/mol. The molecule has 1 aromatic rings. The lowest BCUT2D eigenvalue weighted by molar-refractivity contribution is -0.134. The molecule has 8 heteroatoms. The molecule has 1 aromatic carbocycles. The highest BCUT2D eigenvalue weighted by molar-refractivity contribution is 14.0. The Morgan fingerprint density at radius 1 is 1.19 bits per heavy atom. The molecule has 0 spiro atoms. The Morgan fingerprint density at radius 3 is 2.62 bits per heavy atom. The van der Waals surface area contributed by atoms with Crippen molar-refractivity contribution in [3.63, 3.8) is 0 Å². The number of nitrogens with zero attached hydrogens (tertiary/aromatic N) is 2. The molecule has 32 heavy (non-hydrogen) atoms. The van der Waals surface area contributed by atoms with Crippen LogP contribution >= 0.6 is 24.0 Å². The molecule has 1 saturated heterocycles. The summed E-state index contributed by atoms with van der Waals surface area (Å²) in [5.74, 6) is 2.31. The molecule has 1 aliphatic heterocycles. The molecule has 7 nitrogen and oxygen atoms in total. The van der Waals surface area contributed by atoms with E-state index in [-0.39, 0.29) is 35.9 Å². The van der Waals surface area contributed by atoms with Crippen LogP contribution in [0.3, 0.4) is 0 Å². The van der Waals surface area contributed by atoms with E-state index in [0.717, 1.165) is 62.6 Å². The number of nitrogens with one attached hydrogen (secondary N) is 2. The monoisotopic (exact) mass is 558 g/mol. The van der Waals surface area contributed by atoms with Crippen LogP contribution in [0, 0.1) is 5.92 Å². The van der Waals surface area contributed by atoms with E-state index in [4.69, 9.17) is 9.47 Å². The number of guanidine groups is 1. The van der Waals surface area contributed by atoms with Gasteiger partial charge in [-0.2, -0.15) is 0 Å². The van der Waals surface area contributed by atoms with Gasteiger partial charge in [0.2, 0.25) is 5.91 Å². The number of amides is 1. The smallest absolute Gasteiger partial charge is 0.225 e. The summed E-state index contributed by atoms with van der Waals surface area (Å²) in [5.41, 5.74) is 1.14. The highest BCUT2D eigenvalue weighted by atomic mass is 127. The second kappa shape index (κ2) is 14.6. The van der Waals surface area contributed by atoms with Gasteiger partial charge in [-0.15, -0.1) is 24.0 Å². The summed E-state index contributed by atoms with van der Waals surface area (Å²) in [6.07, 6.45) is 6.38. The zero-order valence-corrected chi connectivity index (χ0v) is 21.8. The Labute approximate surface area is 209 Å². The third-order valence-corrected chi connectivity index (χ3v) is 6.03. The molecule has 1 saturated carbocycles. The third-order valence-electron chi connectivity index (χ3n) is 6.03.